The van der Waals surface area contributed by atoms with Gasteiger partial charge in [-0.2, -0.15) is 0 Å². The number of ether oxygens (including phenoxy) is 2. The molecular formula is C17H22N4O2. The van der Waals surface area contributed by atoms with Gasteiger partial charge in [-0.1, -0.05) is 0 Å². The second-order valence-corrected chi connectivity index (χ2v) is 6.33. The number of rotatable bonds is 3. The van der Waals surface area contributed by atoms with Crippen LogP contribution in [0.4, 0.5) is 5.82 Å². The van der Waals surface area contributed by atoms with Gasteiger partial charge in [-0.25, -0.2) is 9.97 Å². The van der Waals surface area contributed by atoms with E-state index in [0.717, 1.165) is 48.8 Å². The third kappa shape index (κ3) is 2.47. The highest BCUT2D eigenvalue weighted by molar-refractivity contribution is 5.92. The molecule has 2 atom stereocenters. The van der Waals surface area contributed by atoms with E-state index in [1.807, 2.05) is 12.1 Å². The zero-order valence-corrected chi connectivity index (χ0v) is 13.6. The average Bonchev–Trinajstić information content (AvgIpc) is 3.07. The molecule has 0 saturated carbocycles. The van der Waals surface area contributed by atoms with Crippen molar-refractivity contribution in [2.75, 3.05) is 45.3 Å². The maximum Gasteiger partial charge on any atom is 0.162 e. The molecule has 2 fully saturated rings. The zero-order chi connectivity index (χ0) is 15.8. The number of hydrogen-bond acceptors (Lipinski definition) is 6. The molecule has 1 aromatic carbocycles. The third-order valence-corrected chi connectivity index (χ3v) is 5.12. The van der Waals surface area contributed by atoms with E-state index in [-0.39, 0.29) is 0 Å². The summed E-state index contributed by atoms with van der Waals surface area (Å²) >= 11 is 0. The van der Waals surface area contributed by atoms with E-state index in [2.05, 4.69) is 20.2 Å². The molecule has 1 N–H and O–H groups in total. The monoisotopic (exact) mass is 314 g/mol. The predicted octanol–water partition coefficient (Wildman–Crippen LogP) is 1.69. The third-order valence-electron chi connectivity index (χ3n) is 5.12. The van der Waals surface area contributed by atoms with Gasteiger partial charge in [-0.15, -0.1) is 0 Å². The summed E-state index contributed by atoms with van der Waals surface area (Å²) in [6.07, 6.45) is 2.86. The lowest BCUT2D eigenvalue weighted by Gasteiger charge is -2.35. The van der Waals surface area contributed by atoms with Gasteiger partial charge in [0.2, 0.25) is 0 Å². The molecule has 23 heavy (non-hydrogen) atoms. The highest BCUT2D eigenvalue weighted by Gasteiger charge is 2.33. The van der Waals surface area contributed by atoms with Gasteiger partial charge in [0.15, 0.2) is 11.5 Å². The first kappa shape index (κ1) is 14.5. The van der Waals surface area contributed by atoms with Crippen molar-refractivity contribution < 1.29 is 9.47 Å². The van der Waals surface area contributed by atoms with E-state index in [9.17, 15) is 0 Å². The molecule has 6 nitrogen and oxygen atoms in total. The Kier molecular flexibility index (Phi) is 3.69. The summed E-state index contributed by atoms with van der Waals surface area (Å²) in [5, 5.41) is 4.53. The number of nitrogens with one attached hydrogen (secondary N) is 1. The van der Waals surface area contributed by atoms with Crippen molar-refractivity contribution in [3.05, 3.63) is 18.5 Å². The SMILES string of the molecule is COc1cc2ncnc(N3CCC4CNC[C@H]4C3)c2cc1OC. The van der Waals surface area contributed by atoms with E-state index >= 15 is 0 Å². The molecule has 0 radical (unpaired) electrons. The second-order valence-electron chi connectivity index (χ2n) is 6.33. The lowest BCUT2D eigenvalue weighted by molar-refractivity contribution is 0.348. The summed E-state index contributed by atoms with van der Waals surface area (Å²) in [6, 6.07) is 3.91. The molecule has 0 amide bonds. The highest BCUT2D eigenvalue weighted by atomic mass is 16.5. The minimum absolute atomic E-state index is 0.698. The molecule has 0 spiro atoms. The van der Waals surface area contributed by atoms with Crippen LogP contribution in [0.15, 0.2) is 18.5 Å². The summed E-state index contributed by atoms with van der Waals surface area (Å²) < 4.78 is 10.8. The van der Waals surface area contributed by atoms with Gasteiger partial charge in [0.1, 0.15) is 12.1 Å². The maximum absolute atomic E-state index is 5.45. The first-order chi connectivity index (χ1) is 11.3. The van der Waals surface area contributed by atoms with Crippen LogP contribution in [-0.4, -0.2) is 50.4 Å². The van der Waals surface area contributed by atoms with Gasteiger partial charge in [-0.3, -0.25) is 0 Å². The fraction of sp³-hybridized carbons (Fsp3) is 0.529. The molecule has 1 aromatic heterocycles. The van der Waals surface area contributed by atoms with Crippen LogP contribution in [0.5, 0.6) is 11.5 Å². The summed E-state index contributed by atoms with van der Waals surface area (Å²) in [5.74, 6) is 3.95. The van der Waals surface area contributed by atoms with Crippen molar-refractivity contribution >= 4 is 16.7 Å². The van der Waals surface area contributed by atoms with E-state index in [0.29, 0.717) is 17.4 Å². The minimum atomic E-state index is 0.698. The molecule has 2 aliphatic rings. The van der Waals surface area contributed by atoms with Gasteiger partial charge in [0, 0.05) is 24.5 Å². The molecule has 6 heteroatoms. The number of nitrogens with zero attached hydrogens (tertiary/aromatic N) is 3. The van der Waals surface area contributed by atoms with Crippen LogP contribution in [0.25, 0.3) is 10.9 Å². The lowest BCUT2D eigenvalue weighted by Crippen LogP contribution is -2.40. The standard InChI is InChI=1S/C17H22N4O2/c1-22-15-5-13-14(6-16(15)23-2)19-10-20-17(13)21-4-3-11-7-18-8-12(11)9-21/h5-6,10-12,18H,3-4,7-9H2,1-2H3/t11?,12-/m0/s1. The van der Waals surface area contributed by atoms with Crippen molar-refractivity contribution in [1.29, 1.82) is 0 Å². The quantitative estimate of drug-likeness (QED) is 0.930. The summed E-state index contributed by atoms with van der Waals surface area (Å²) in [6.45, 7) is 4.37. The molecule has 122 valence electrons. The van der Waals surface area contributed by atoms with Gasteiger partial charge < -0.3 is 19.7 Å². The van der Waals surface area contributed by atoms with E-state index in [4.69, 9.17) is 9.47 Å². The Bertz CT molecular complexity index is 721. The number of piperidine rings is 1. The first-order valence-electron chi connectivity index (χ1n) is 8.12. The molecule has 0 bridgehead atoms. The topological polar surface area (TPSA) is 59.5 Å². The second kappa shape index (κ2) is 5.85. The lowest BCUT2D eigenvalue weighted by atomic mass is 9.88. The predicted molar refractivity (Wildman–Crippen MR) is 89.3 cm³/mol. The minimum Gasteiger partial charge on any atom is -0.493 e. The van der Waals surface area contributed by atoms with Crippen molar-refractivity contribution in [2.24, 2.45) is 11.8 Å². The fourth-order valence-corrected chi connectivity index (χ4v) is 3.85. The Balaban J connectivity index is 1.74. The first-order valence-corrected chi connectivity index (χ1v) is 8.12. The Morgan fingerprint density at radius 3 is 2.70 bits per heavy atom. The molecule has 2 saturated heterocycles. The average molecular weight is 314 g/mol. The van der Waals surface area contributed by atoms with Crippen LogP contribution < -0.4 is 19.7 Å². The van der Waals surface area contributed by atoms with Crippen LogP contribution >= 0.6 is 0 Å². The molecule has 0 aliphatic carbocycles. The summed E-state index contributed by atoms with van der Waals surface area (Å²) in [7, 11) is 3.30. The van der Waals surface area contributed by atoms with Crippen molar-refractivity contribution in [3.8, 4) is 11.5 Å². The highest BCUT2D eigenvalue weighted by Crippen LogP contribution is 2.36. The molecule has 2 aromatic rings. The Morgan fingerprint density at radius 2 is 1.87 bits per heavy atom. The van der Waals surface area contributed by atoms with Crippen molar-refractivity contribution in [1.82, 2.24) is 15.3 Å². The molecule has 3 heterocycles. The smallest absolute Gasteiger partial charge is 0.162 e. The van der Waals surface area contributed by atoms with Crippen molar-refractivity contribution in [3.63, 3.8) is 0 Å². The summed E-state index contributed by atoms with van der Waals surface area (Å²) in [4.78, 5) is 11.4. The molecular weight excluding hydrogens is 292 g/mol. The normalized spacial score (nSPS) is 23.8. The van der Waals surface area contributed by atoms with E-state index in [1.54, 1.807) is 20.5 Å². The van der Waals surface area contributed by atoms with Crippen LogP contribution in [-0.2, 0) is 0 Å². The molecule has 4 rings (SSSR count). The number of methoxy groups -OCH3 is 2. The van der Waals surface area contributed by atoms with Gasteiger partial charge in [0.25, 0.3) is 0 Å². The van der Waals surface area contributed by atoms with E-state index < -0.39 is 0 Å². The number of aromatic nitrogens is 2. The summed E-state index contributed by atoms with van der Waals surface area (Å²) in [5.41, 5.74) is 0.888. The van der Waals surface area contributed by atoms with Crippen LogP contribution in [0, 0.1) is 11.8 Å². The Hall–Kier alpha value is -2.08. The van der Waals surface area contributed by atoms with E-state index in [1.165, 1.54) is 6.42 Å². The number of fused-ring (bicyclic) bond motifs is 2. The number of hydrogen-bond donors (Lipinski definition) is 1. The Morgan fingerprint density at radius 1 is 1.09 bits per heavy atom. The zero-order valence-electron chi connectivity index (χ0n) is 13.6. The van der Waals surface area contributed by atoms with Gasteiger partial charge in [0.05, 0.1) is 19.7 Å². The Labute approximate surface area is 135 Å². The molecule has 1 unspecified atom stereocenters. The maximum atomic E-state index is 5.45. The van der Waals surface area contributed by atoms with Crippen molar-refractivity contribution in [2.45, 2.75) is 6.42 Å². The van der Waals surface area contributed by atoms with Gasteiger partial charge in [-0.05, 0) is 37.4 Å². The van der Waals surface area contributed by atoms with Crippen LogP contribution in [0.2, 0.25) is 0 Å². The fourth-order valence-electron chi connectivity index (χ4n) is 3.85. The number of anilines is 1. The van der Waals surface area contributed by atoms with Crippen LogP contribution in [0.3, 0.4) is 0 Å². The largest absolute Gasteiger partial charge is 0.493 e. The van der Waals surface area contributed by atoms with Gasteiger partial charge >= 0.3 is 0 Å². The number of benzene rings is 1. The van der Waals surface area contributed by atoms with Crippen LogP contribution in [0.1, 0.15) is 6.42 Å². The molecule has 2 aliphatic heterocycles.